The van der Waals surface area contributed by atoms with Gasteiger partial charge in [0, 0.05) is 28.5 Å². The fraction of sp³-hybridized carbons (Fsp3) is 0. The van der Waals surface area contributed by atoms with Crippen molar-refractivity contribution in [2.75, 3.05) is 0 Å². The molecule has 4 nitrogen and oxygen atoms in total. The molecule has 11 aromatic rings. The van der Waals surface area contributed by atoms with Gasteiger partial charge in [-0.25, -0.2) is 15.0 Å². The van der Waals surface area contributed by atoms with E-state index in [0.29, 0.717) is 17.5 Å². The Hall–Kier alpha value is -7.30. The standard InChI is InChI=1S/C50H30N4/c1-3-12-31(13-4-1)36-25-27-40-42(30-36)46(43-20-9-10-29-51-43)37-18-7-8-19-38(37)47(40)50-53-48(35-14-5-2-6-15-35)52-49(54-50)41-28-24-34-22-21-32-16-11-17-33-23-26-39(41)45(34)44(32)33/h1-30H. The predicted molar refractivity (Wildman–Crippen MR) is 224 cm³/mol. The molecule has 0 bridgehead atoms. The Labute approximate surface area is 311 Å². The van der Waals surface area contributed by atoms with Gasteiger partial charge in [0.1, 0.15) is 0 Å². The molecule has 9 aromatic carbocycles. The molecular formula is C50H30N4. The molecule has 0 N–H and O–H groups in total. The first-order valence-corrected chi connectivity index (χ1v) is 18.2. The van der Waals surface area contributed by atoms with E-state index in [0.717, 1.165) is 66.0 Å². The van der Waals surface area contributed by atoms with Crippen LogP contribution in [-0.2, 0) is 0 Å². The van der Waals surface area contributed by atoms with Gasteiger partial charge >= 0.3 is 0 Å². The lowest BCUT2D eigenvalue weighted by Crippen LogP contribution is -2.02. The maximum atomic E-state index is 5.43. The van der Waals surface area contributed by atoms with E-state index in [4.69, 9.17) is 19.9 Å². The third-order valence-corrected chi connectivity index (χ3v) is 10.7. The Kier molecular flexibility index (Phi) is 6.82. The van der Waals surface area contributed by atoms with Crippen LogP contribution >= 0.6 is 0 Å². The molecule has 0 aliphatic rings. The first kappa shape index (κ1) is 30.3. The molecule has 250 valence electrons. The molecule has 0 atom stereocenters. The summed E-state index contributed by atoms with van der Waals surface area (Å²) in [5, 5.41) is 11.6. The molecule has 4 heteroatoms. The summed E-state index contributed by atoms with van der Waals surface area (Å²) in [7, 11) is 0. The van der Waals surface area contributed by atoms with E-state index in [2.05, 4.69) is 152 Å². The second-order valence-corrected chi connectivity index (χ2v) is 13.8. The minimum atomic E-state index is 0.630. The van der Waals surface area contributed by atoms with Crippen molar-refractivity contribution in [1.82, 2.24) is 19.9 Å². The minimum absolute atomic E-state index is 0.630. The van der Waals surface area contributed by atoms with E-state index in [9.17, 15) is 0 Å². The Bertz CT molecular complexity index is 3180. The van der Waals surface area contributed by atoms with Crippen LogP contribution in [0.3, 0.4) is 0 Å². The Morgan fingerprint density at radius 3 is 1.67 bits per heavy atom. The average molecular weight is 687 g/mol. The summed E-state index contributed by atoms with van der Waals surface area (Å²) in [5.74, 6) is 1.91. The molecule has 0 radical (unpaired) electrons. The number of pyridine rings is 1. The average Bonchev–Trinajstić information content (AvgIpc) is 3.25. The van der Waals surface area contributed by atoms with E-state index in [1.807, 2.05) is 30.5 Å². The zero-order chi connectivity index (χ0) is 35.6. The van der Waals surface area contributed by atoms with Crippen molar-refractivity contribution in [3.8, 4) is 56.5 Å². The summed E-state index contributed by atoms with van der Waals surface area (Å²) in [6, 6.07) is 61.9. The summed E-state index contributed by atoms with van der Waals surface area (Å²) in [4.78, 5) is 20.8. The first-order valence-electron chi connectivity index (χ1n) is 18.2. The summed E-state index contributed by atoms with van der Waals surface area (Å²) >= 11 is 0. The summed E-state index contributed by atoms with van der Waals surface area (Å²) < 4.78 is 0. The van der Waals surface area contributed by atoms with Crippen molar-refractivity contribution in [3.63, 3.8) is 0 Å². The van der Waals surface area contributed by atoms with Crippen molar-refractivity contribution in [2.45, 2.75) is 0 Å². The monoisotopic (exact) mass is 686 g/mol. The number of benzene rings is 9. The van der Waals surface area contributed by atoms with Crippen LogP contribution in [0.5, 0.6) is 0 Å². The molecule has 0 amide bonds. The van der Waals surface area contributed by atoms with Gasteiger partial charge in [0.15, 0.2) is 17.5 Å². The van der Waals surface area contributed by atoms with Gasteiger partial charge in [0.05, 0.1) is 5.69 Å². The lowest BCUT2D eigenvalue weighted by molar-refractivity contribution is 1.08. The zero-order valence-electron chi connectivity index (χ0n) is 29.1. The van der Waals surface area contributed by atoms with Gasteiger partial charge in [-0.3, -0.25) is 4.98 Å². The quantitative estimate of drug-likeness (QED) is 0.134. The highest BCUT2D eigenvalue weighted by Gasteiger charge is 2.22. The second kappa shape index (κ2) is 12.1. The SMILES string of the molecule is c1ccc(-c2ccc3c(-c4nc(-c5ccccc5)nc(-c5ccc6ccc7cccc8ccc5c6c78)n4)c4ccccc4c(-c4ccccn4)c3c2)cc1. The van der Waals surface area contributed by atoms with Gasteiger partial charge in [-0.2, -0.15) is 0 Å². The van der Waals surface area contributed by atoms with Gasteiger partial charge < -0.3 is 0 Å². The number of aromatic nitrogens is 4. The van der Waals surface area contributed by atoms with Crippen LogP contribution in [0.4, 0.5) is 0 Å². The maximum absolute atomic E-state index is 5.43. The lowest BCUT2D eigenvalue weighted by Gasteiger charge is -2.18. The molecular weight excluding hydrogens is 657 g/mol. The number of fused-ring (bicyclic) bond motifs is 2. The zero-order valence-corrected chi connectivity index (χ0v) is 29.1. The molecule has 2 heterocycles. The summed E-state index contributed by atoms with van der Waals surface area (Å²) in [5.41, 5.74) is 7.19. The molecule has 0 fully saturated rings. The van der Waals surface area contributed by atoms with Crippen molar-refractivity contribution in [3.05, 3.63) is 182 Å². The van der Waals surface area contributed by atoms with Gasteiger partial charge in [0.2, 0.25) is 0 Å². The Morgan fingerprint density at radius 2 is 0.907 bits per heavy atom. The van der Waals surface area contributed by atoms with E-state index in [1.54, 1.807) is 0 Å². The van der Waals surface area contributed by atoms with Gasteiger partial charge in [-0.05, 0) is 89.3 Å². The van der Waals surface area contributed by atoms with Crippen LogP contribution in [0, 0.1) is 0 Å². The third-order valence-electron chi connectivity index (χ3n) is 10.7. The molecule has 0 saturated carbocycles. The van der Waals surface area contributed by atoms with E-state index in [1.165, 1.54) is 26.9 Å². The van der Waals surface area contributed by atoms with Crippen molar-refractivity contribution < 1.29 is 0 Å². The Morgan fingerprint density at radius 1 is 0.315 bits per heavy atom. The fourth-order valence-corrected chi connectivity index (χ4v) is 8.27. The third kappa shape index (κ3) is 4.78. The molecule has 0 saturated heterocycles. The summed E-state index contributed by atoms with van der Waals surface area (Å²) in [6.45, 7) is 0. The molecule has 11 rings (SSSR count). The largest absolute Gasteiger partial charge is 0.256 e. The highest BCUT2D eigenvalue weighted by molar-refractivity contribution is 6.25. The van der Waals surface area contributed by atoms with Crippen LogP contribution < -0.4 is 0 Å². The smallest absolute Gasteiger partial charge is 0.165 e. The van der Waals surface area contributed by atoms with Crippen LogP contribution in [0.15, 0.2) is 182 Å². The van der Waals surface area contributed by atoms with Gasteiger partial charge in [-0.15, -0.1) is 0 Å². The lowest BCUT2D eigenvalue weighted by atomic mass is 9.88. The first-order chi connectivity index (χ1) is 26.8. The molecule has 0 aliphatic carbocycles. The fourth-order valence-electron chi connectivity index (χ4n) is 8.27. The van der Waals surface area contributed by atoms with Crippen LogP contribution in [0.25, 0.3) is 110 Å². The molecule has 0 unspecified atom stereocenters. The Balaban J connectivity index is 1.25. The van der Waals surface area contributed by atoms with Crippen LogP contribution in [-0.4, -0.2) is 19.9 Å². The van der Waals surface area contributed by atoms with Gasteiger partial charge in [0.25, 0.3) is 0 Å². The van der Waals surface area contributed by atoms with Crippen LogP contribution in [0.2, 0.25) is 0 Å². The van der Waals surface area contributed by atoms with E-state index in [-0.39, 0.29) is 0 Å². The minimum Gasteiger partial charge on any atom is -0.256 e. The molecule has 0 aliphatic heterocycles. The van der Waals surface area contributed by atoms with Crippen molar-refractivity contribution >= 4 is 53.9 Å². The number of hydrogen-bond donors (Lipinski definition) is 0. The molecule has 54 heavy (non-hydrogen) atoms. The molecule has 0 spiro atoms. The number of hydrogen-bond acceptors (Lipinski definition) is 4. The van der Waals surface area contributed by atoms with Gasteiger partial charge in [-0.1, -0.05) is 152 Å². The number of nitrogens with zero attached hydrogens (tertiary/aromatic N) is 4. The van der Waals surface area contributed by atoms with Crippen molar-refractivity contribution in [1.29, 1.82) is 0 Å². The normalized spacial score (nSPS) is 11.7. The maximum Gasteiger partial charge on any atom is 0.165 e. The molecule has 2 aromatic heterocycles. The number of rotatable bonds is 5. The van der Waals surface area contributed by atoms with Crippen LogP contribution in [0.1, 0.15) is 0 Å². The highest BCUT2D eigenvalue weighted by Crippen LogP contribution is 2.45. The van der Waals surface area contributed by atoms with E-state index < -0.39 is 0 Å². The predicted octanol–water partition coefficient (Wildman–Crippen LogP) is 12.8. The topological polar surface area (TPSA) is 51.6 Å². The second-order valence-electron chi connectivity index (χ2n) is 13.8. The van der Waals surface area contributed by atoms with Crippen molar-refractivity contribution in [2.24, 2.45) is 0 Å². The highest BCUT2D eigenvalue weighted by atomic mass is 15.0. The van der Waals surface area contributed by atoms with E-state index >= 15 is 0 Å². The summed E-state index contributed by atoms with van der Waals surface area (Å²) in [6.07, 6.45) is 1.87.